The number of H-pyrrole nitrogens is 1. The van der Waals surface area contributed by atoms with Gasteiger partial charge in [0, 0.05) is 32.0 Å². The van der Waals surface area contributed by atoms with Crippen LogP contribution in [-0.2, 0) is 0 Å². The first-order valence-corrected chi connectivity index (χ1v) is 7.07. The fraction of sp³-hybridized carbons (Fsp3) is 0.312. The number of nitrogens with zero attached hydrogens (tertiary/aromatic N) is 1. The minimum absolute atomic E-state index is 0.00971. The summed E-state index contributed by atoms with van der Waals surface area (Å²) in [4.78, 5) is 17.5. The number of benzene rings is 1. The fourth-order valence-corrected chi connectivity index (χ4v) is 2.79. The zero-order valence-corrected chi connectivity index (χ0v) is 11.9. The number of piperazine rings is 1. The molecule has 2 aromatic rings. The van der Waals surface area contributed by atoms with E-state index in [4.69, 9.17) is 0 Å². The Labute approximate surface area is 123 Å². The molecule has 1 atom stereocenters. The molecule has 21 heavy (non-hydrogen) atoms. The first-order chi connectivity index (χ1) is 10.2. The quantitative estimate of drug-likeness (QED) is 0.890. The molecule has 1 aliphatic heterocycles. The van der Waals surface area contributed by atoms with E-state index in [0.717, 1.165) is 17.7 Å². The van der Waals surface area contributed by atoms with Gasteiger partial charge in [0.1, 0.15) is 5.82 Å². The third-order valence-electron chi connectivity index (χ3n) is 3.92. The van der Waals surface area contributed by atoms with Gasteiger partial charge in [-0.25, -0.2) is 4.39 Å². The van der Waals surface area contributed by atoms with Crippen molar-refractivity contribution in [3.8, 4) is 0 Å². The second kappa shape index (κ2) is 5.69. The lowest BCUT2D eigenvalue weighted by Gasteiger charge is -2.36. The van der Waals surface area contributed by atoms with Gasteiger partial charge >= 0.3 is 0 Å². The van der Waals surface area contributed by atoms with Gasteiger partial charge < -0.3 is 15.2 Å². The van der Waals surface area contributed by atoms with Crippen molar-refractivity contribution in [3.63, 3.8) is 0 Å². The third kappa shape index (κ3) is 2.69. The van der Waals surface area contributed by atoms with Crippen molar-refractivity contribution in [1.29, 1.82) is 0 Å². The largest absolute Gasteiger partial charge is 0.367 e. The summed E-state index contributed by atoms with van der Waals surface area (Å²) in [5.41, 5.74) is 2.43. The van der Waals surface area contributed by atoms with Gasteiger partial charge in [0.05, 0.1) is 11.6 Å². The van der Waals surface area contributed by atoms with Crippen molar-refractivity contribution < 1.29 is 9.18 Å². The van der Waals surface area contributed by atoms with E-state index in [9.17, 15) is 9.18 Å². The molecule has 3 rings (SSSR count). The van der Waals surface area contributed by atoms with E-state index in [1.807, 2.05) is 24.1 Å². The van der Waals surface area contributed by atoms with Crippen molar-refractivity contribution >= 4 is 5.91 Å². The van der Waals surface area contributed by atoms with Crippen LogP contribution in [-0.4, -0.2) is 35.4 Å². The molecular weight excluding hydrogens is 269 g/mol. The highest BCUT2D eigenvalue weighted by atomic mass is 19.1. The average molecular weight is 287 g/mol. The number of hydrogen-bond acceptors (Lipinski definition) is 2. The topological polar surface area (TPSA) is 48.1 Å². The Morgan fingerprint density at radius 3 is 2.95 bits per heavy atom. The highest BCUT2D eigenvalue weighted by molar-refractivity contribution is 5.95. The zero-order valence-electron chi connectivity index (χ0n) is 11.9. The van der Waals surface area contributed by atoms with E-state index >= 15 is 0 Å². The average Bonchev–Trinajstić information content (AvgIpc) is 2.93. The van der Waals surface area contributed by atoms with Crippen LogP contribution in [0.2, 0.25) is 0 Å². The van der Waals surface area contributed by atoms with Crippen LogP contribution < -0.4 is 5.32 Å². The zero-order chi connectivity index (χ0) is 14.8. The fourth-order valence-electron chi connectivity index (χ4n) is 2.79. The van der Waals surface area contributed by atoms with Crippen molar-refractivity contribution in [2.45, 2.75) is 13.0 Å². The molecule has 110 valence electrons. The Hall–Kier alpha value is -2.14. The number of aryl methyl sites for hydroxylation is 1. The van der Waals surface area contributed by atoms with Gasteiger partial charge in [0.2, 0.25) is 0 Å². The Morgan fingerprint density at radius 2 is 2.24 bits per heavy atom. The van der Waals surface area contributed by atoms with E-state index in [2.05, 4.69) is 10.3 Å². The Morgan fingerprint density at radius 1 is 1.38 bits per heavy atom. The molecule has 0 radical (unpaired) electrons. The molecule has 0 saturated carbocycles. The van der Waals surface area contributed by atoms with Gasteiger partial charge in [-0.2, -0.15) is 0 Å². The van der Waals surface area contributed by atoms with Crippen LogP contribution in [0.25, 0.3) is 0 Å². The van der Waals surface area contributed by atoms with Gasteiger partial charge in [-0.15, -0.1) is 0 Å². The molecular formula is C16H18FN3O. The predicted molar refractivity (Wildman–Crippen MR) is 78.6 cm³/mol. The number of aromatic nitrogens is 1. The lowest BCUT2D eigenvalue weighted by Crippen LogP contribution is -2.48. The highest BCUT2D eigenvalue weighted by Gasteiger charge is 2.29. The van der Waals surface area contributed by atoms with Gasteiger partial charge in [-0.3, -0.25) is 4.79 Å². The van der Waals surface area contributed by atoms with Crippen LogP contribution in [0.5, 0.6) is 0 Å². The molecule has 2 N–H and O–H groups in total. The van der Waals surface area contributed by atoms with Gasteiger partial charge in [0.15, 0.2) is 0 Å². The summed E-state index contributed by atoms with van der Waals surface area (Å²) in [6.07, 6.45) is 3.54. The molecule has 0 spiro atoms. The van der Waals surface area contributed by atoms with Gasteiger partial charge in [-0.1, -0.05) is 12.1 Å². The maximum atomic E-state index is 13.5. The second-order valence-electron chi connectivity index (χ2n) is 5.33. The lowest BCUT2D eigenvalue weighted by molar-refractivity contribution is 0.0633. The van der Waals surface area contributed by atoms with E-state index in [-0.39, 0.29) is 17.8 Å². The first kappa shape index (κ1) is 13.8. The first-order valence-electron chi connectivity index (χ1n) is 7.07. The molecule has 1 unspecified atom stereocenters. The SMILES string of the molecule is Cc1c[nH]cc1C(=O)N1CCNCC1c1cccc(F)c1. The molecule has 1 amide bonds. The van der Waals surface area contributed by atoms with E-state index in [0.29, 0.717) is 18.7 Å². The maximum absolute atomic E-state index is 13.5. The molecule has 1 aromatic heterocycles. The summed E-state index contributed by atoms with van der Waals surface area (Å²) in [5.74, 6) is -0.284. The standard InChI is InChI=1S/C16H18FN3O/c1-11-8-19-9-14(11)16(21)20-6-5-18-10-15(20)12-3-2-4-13(17)7-12/h2-4,7-9,15,18-19H,5-6,10H2,1H3. The van der Waals surface area contributed by atoms with Crippen LogP contribution in [0, 0.1) is 12.7 Å². The van der Waals surface area contributed by atoms with Crippen LogP contribution >= 0.6 is 0 Å². The van der Waals surface area contributed by atoms with Crippen LogP contribution in [0.3, 0.4) is 0 Å². The summed E-state index contributed by atoms with van der Waals surface area (Å²) in [7, 11) is 0. The molecule has 0 bridgehead atoms. The molecule has 4 nitrogen and oxygen atoms in total. The van der Waals surface area contributed by atoms with E-state index < -0.39 is 0 Å². The number of halogens is 1. The monoisotopic (exact) mass is 287 g/mol. The summed E-state index contributed by atoms with van der Waals surface area (Å²) in [6.45, 7) is 3.91. The van der Waals surface area contributed by atoms with Gasteiger partial charge in [-0.05, 0) is 30.2 Å². The van der Waals surface area contributed by atoms with Crippen molar-refractivity contribution in [3.05, 3.63) is 59.2 Å². The number of amides is 1. The summed E-state index contributed by atoms with van der Waals surface area (Å²) in [6, 6.07) is 6.33. The lowest BCUT2D eigenvalue weighted by atomic mass is 10.0. The van der Waals surface area contributed by atoms with Crippen molar-refractivity contribution in [1.82, 2.24) is 15.2 Å². The molecule has 2 heterocycles. The number of hydrogen-bond donors (Lipinski definition) is 2. The number of carbonyl (C=O) groups excluding carboxylic acids is 1. The molecule has 5 heteroatoms. The normalized spacial score (nSPS) is 18.8. The second-order valence-corrected chi connectivity index (χ2v) is 5.33. The van der Waals surface area contributed by atoms with E-state index in [1.165, 1.54) is 12.1 Å². The molecule has 1 aromatic carbocycles. The minimum Gasteiger partial charge on any atom is -0.367 e. The maximum Gasteiger partial charge on any atom is 0.256 e. The molecule has 1 aliphatic rings. The van der Waals surface area contributed by atoms with Crippen molar-refractivity contribution in [2.24, 2.45) is 0 Å². The summed E-state index contributed by atoms with van der Waals surface area (Å²) < 4.78 is 13.5. The molecule has 1 fully saturated rings. The number of nitrogens with one attached hydrogen (secondary N) is 2. The third-order valence-corrected chi connectivity index (χ3v) is 3.92. The summed E-state index contributed by atoms with van der Waals surface area (Å²) in [5, 5.41) is 3.27. The minimum atomic E-state index is -0.275. The Bertz CT molecular complexity index is 652. The molecule has 1 saturated heterocycles. The number of carbonyl (C=O) groups is 1. The Kier molecular flexibility index (Phi) is 3.75. The van der Waals surface area contributed by atoms with Crippen molar-refractivity contribution in [2.75, 3.05) is 19.6 Å². The number of rotatable bonds is 2. The highest BCUT2D eigenvalue weighted by Crippen LogP contribution is 2.25. The smallest absolute Gasteiger partial charge is 0.256 e. The predicted octanol–water partition coefficient (Wildman–Crippen LogP) is 2.25. The summed E-state index contributed by atoms with van der Waals surface area (Å²) >= 11 is 0. The number of aromatic amines is 1. The van der Waals surface area contributed by atoms with Gasteiger partial charge in [0.25, 0.3) is 5.91 Å². The van der Waals surface area contributed by atoms with Crippen LogP contribution in [0.1, 0.15) is 27.5 Å². The van der Waals surface area contributed by atoms with Crippen LogP contribution in [0.15, 0.2) is 36.7 Å². The molecule has 0 aliphatic carbocycles. The Balaban J connectivity index is 1.92. The van der Waals surface area contributed by atoms with Crippen LogP contribution in [0.4, 0.5) is 4.39 Å². The van der Waals surface area contributed by atoms with E-state index in [1.54, 1.807) is 12.3 Å².